The van der Waals surface area contributed by atoms with Crippen molar-refractivity contribution in [2.24, 2.45) is 11.7 Å². The lowest BCUT2D eigenvalue weighted by Crippen LogP contribution is -2.34. The Morgan fingerprint density at radius 2 is 1.90 bits per heavy atom. The van der Waals surface area contributed by atoms with Crippen LogP contribution in [0.3, 0.4) is 0 Å². The van der Waals surface area contributed by atoms with Crippen molar-refractivity contribution >= 4 is 12.4 Å². The Labute approximate surface area is 68.2 Å². The molecule has 0 radical (unpaired) electrons. The van der Waals surface area contributed by atoms with Crippen LogP contribution in [0.1, 0.15) is 25.7 Å². The predicted octanol–water partition coefficient (Wildman–Crippen LogP) is 0.918. The predicted molar refractivity (Wildman–Crippen MR) is 44.3 cm³/mol. The van der Waals surface area contributed by atoms with Crippen LogP contribution in [-0.4, -0.2) is 17.8 Å². The number of halogens is 1. The standard InChI is InChI=1S/C7H15NO.ClH/c8-7-4-2-1-3-6(7)5-9;/h6-7,9H,1-5,8H2;1H/t6-,7-;/m1./s1. The highest BCUT2D eigenvalue weighted by Gasteiger charge is 2.19. The summed E-state index contributed by atoms with van der Waals surface area (Å²) in [6.45, 7) is 0.279. The fourth-order valence-corrected chi connectivity index (χ4v) is 1.46. The average molecular weight is 166 g/mol. The van der Waals surface area contributed by atoms with Crippen molar-refractivity contribution in [2.45, 2.75) is 31.7 Å². The second-order valence-electron chi connectivity index (χ2n) is 2.89. The first-order valence-electron chi connectivity index (χ1n) is 3.71. The van der Waals surface area contributed by atoms with E-state index in [1.54, 1.807) is 0 Å². The van der Waals surface area contributed by atoms with Crippen molar-refractivity contribution in [3.63, 3.8) is 0 Å². The molecule has 0 saturated heterocycles. The third-order valence-electron chi connectivity index (χ3n) is 2.20. The molecule has 0 aromatic rings. The van der Waals surface area contributed by atoms with Crippen LogP contribution in [0.5, 0.6) is 0 Å². The lowest BCUT2D eigenvalue weighted by molar-refractivity contribution is 0.171. The molecule has 0 spiro atoms. The molecule has 0 unspecified atom stereocenters. The van der Waals surface area contributed by atoms with Gasteiger partial charge in [0.15, 0.2) is 0 Å². The summed E-state index contributed by atoms with van der Waals surface area (Å²) in [6.07, 6.45) is 4.72. The summed E-state index contributed by atoms with van der Waals surface area (Å²) in [4.78, 5) is 0. The summed E-state index contributed by atoms with van der Waals surface area (Å²) in [7, 11) is 0. The Morgan fingerprint density at radius 3 is 2.30 bits per heavy atom. The molecule has 3 heteroatoms. The monoisotopic (exact) mass is 165 g/mol. The van der Waals surface area contributed by atoms with Crippen molar-refractivity contribution in [3.05, 3.63) is 0 Å². The van der Waals surface area contributed by atoms with Gasteiger partial charge in [0.1, 0.15) is 0 Å². The minimum atomic E-state index is 0. The molecule has 0 bridgehead atoms. The maximum Gasteiger partial charge on any atom is 0.0474 e. The van der Waals surface area contributed by atoms with Crippen LogP contribution < -0.4 is 5.73 Å². The van der Waals surface area contributed by atoms with Crippen LogP contribution in [0.4, 0.5) is 0 Å². The van der Waals surface area contributed by atoms with E-state index in [0.29, 0.717) is 5.92 Å². The van der Waals surface area contributed by atoms with Crippen LogP contribution in [0.25, 0.3) is 0 Å². The Hall–Kier alpha value is 0.210. The van der Waals surface area contributed by atoms with Gasteiger partial charge in [-0.15, -0.1) is 12.4 Å². The Kier molecular flexibility index (Phi) is 5.04. The van der Waals surface area contributed by atoms with Gasteiger partial charge < -0.3 is 10.8 Å². The van der Waals surface area contributed by atoms with Gasteiger partial charge in [0, 0.05) is 12.6 Å². The third kappa shape index (κ3) is 2.45. The van der Waals surface area contributed by atoms with E-state index in [2.05, 4.69) is 0 Å². The summed E-state index contributed by atoms with van der Waals surface area (Å²) < 4.78 is 0. The SMILES string of the molecule is Cl.N[C@@H]1CCCC[C@@H]1CO. The van der Waals surface area contributed by atoms with Gasteiger partial charge in [0.2, 0.25) is 0 Å². The highest BCUT2D eigenvalue weighted by molar-refractivity contribution is 5.85. The molecule has 1 rings (SSSR count). The van der Waals surface area contributed by atoms with E-state index in [1.165, 1.54) is 12.8 Å². The van der Waals surface area contributed by atoms with Crippen molar-refractivity contribution in [3.8, 4) is 0 Å². The highest BCUT2D eigenvalue weighted by atomic mass is 35.5. The number of aliphatic hydroxyl groups is 1. The lowest BCUT2D eigenvalue weighted by atomic mass is 9.86. The molecule has 0 heterocycles. The second-order valence-corrected chi connectivity index (χ2v) is 2.89. The van der Waals surface area contributed by atoms with Crippen LogP contribution >= 0.6 is 12.4 Å². The zero-order valence-corrected chi connectivity index (χ0v) is 6.94. The maximum absolute atomic E-state index is 8.78. The molecule has 0 aromatic carbocycles. The molecule has 62 valence electrons. The maximum atomic E-state index is 8.78. The minimum absolute atomic E-state index is 0. The van der Waals surface area contributed by atoms with Crippen molar-refractivity contribution in [1.82, 2.24) is 0 Å². The number of rotatable bonds is 1. The minimum Gasteiger partial charge on any atom is -0.396 e. The molecule has 0 amide bonds. The number of hydrogen-bond donors (Lipinski definition) is 2. The zero-order valence-electron chi connectivity index (χ0n) is 6.12. The van der Waals surface area contributed by atoms with Gasteiger partial charge in [-0.25, -0.2) is 0 Å². The molecule has 0 aromatic heterocycles. The molecule has 1 saturated carbocycles. The smallest absolute Gasteiger partial charge is 0.0474 e. The number of nitrogens with two attached hydrogens (primary N) is 1. The zero-order chi connectivity index (χ0) is 6.69. The van der Waals surface area contributed by atoms with E-state index in [1.807, 2.05) is 0 Å². The molecule has 10 heavy (non-hydrogen) atoms. The van der Waals surface area contributed by atoms with Gasteiger partial charge in [-0.05, 0) is 18.8 Å². The number of hydrogen-bond acceptors (Lipinski definition) is 2. The fraction of sp³-hybridized carbons (Fsp3) is 1.00. The second kappa shape index (κ2) is 4.94. The van der Waals surface area contributed by atoms with Gasteiger partial charge in [-0.2, -0.15) is 0 Å². The van der Waals surface area contributed by atoms with Gasteiger partial charge in [-0.3, -0.25) is 0 Å². The van der Waals surface area contributed by atoms with Crippen LogP contribution in [0.15, 0.2) is 0 Å². The first-order valence-corrected chi connectivity index (χ1v) is 3.71. The number of aliphatic hydroxyl groups excluding tert-OH is 1. The topological polar surface area (TPSA) is 46.2 Å². The van der Waals surface area contributed by atoms with Crippen LogP contribution in [-0.2, 0) is 0 Å². The van der Waals surface area contributed by atoms with Crippen molar-refractivity contribution in [2.75, 3.05) is 6.61 Å². The molecule has 1 aliphatic carbocycles. The van der Waals surface area contributed by atoms with E-state index < -0.39 is 0 Å². The van der Waals surface area contributed by atoms with E-state index in [9.17, 15) is 0 Å². The van der Waals surface area contributed by atoms with Gasteiger partial charge in [-0.1, -0.05) is 12.8 Å². The molecule has 0 aliphatic heterocycles. The van der Waals surface area contributed by atoms with Crippen LogP contribution in [0, 0.1) is 5.92 Å². The van der Waals surface area contributed by atoms with Crippen molar-refractivity contribution in [1.29, 1.82) is 0 Å². The van der Waals surface area contributed by atoms with Gasteiger partial charge in [0.05, 0.1) is 0 Å². The molecular formula is C7H16ClNO. The summed E-state index contributed by atoms with van der Waals surface area (Å²) in [6, 6.07) is 0.267. The normalized spacial score (nSPS) is 33.0. The summed E-state index contributed by atoms with van der Waals surface area (Å²) in [5.41, 5.74) is 5.73. The summed E-state index contributed by atoms with van der Waals surface area (Å²) >= 11 is 0. The average Bonchev–Trinajstić information content (AvgIpc) is 1.89. The molecule has 3 N–H and O–H groups in total. The Balaban J connectivity index is 0.000000810. The van der Waals surface area contributed by atoms with Crippen molar-refractivity contribution < 1.29 is 5.11 Å². The largest absolute Gasteiger partial charge is 0.396 e. The third-order valence-corrected chi connectivity index (χ3v) is 2.20. The Bertz CT molecular complexity index is 89.7. The lowest BCUT2D eigenvalue weighted by Gasteiger charge is -2.26. The molecule has 2 atom stereocenters. The Morgan fingerprint density at radius 1 is 1.30 bits per heavy atom. The summed E-state index contributed by atoms with van der Waals surface area (Å²) in [5.74, 6) is 0.388. The van der Waals surface area contributed by atoms with E-state index in [4.69, 9.17) is 10.8 Å². The molecular weight excluding hydrogens is 150 g/mol. The molecule has 1 aliphatic rings. The van der Waals surface area contributed by atoms with Crippen LogP contribution in [0.2, 0.25) is 0 Å². The highest BCUT2D eigenvalue weighted by Crippen LogP contribution is 2.21. The first kappa shape index (κ1) is 10.2. The molecule has 2 nitrogen and oxygen atoms in total. The first-order chi connectivity index (χ1) is 4.34. The fourth-order valence-electron chi connectivity index (χ4n) is 1.46. The molecule has 1 fully saturated rings. The quantitative estimate of drug-likeness (QED) is 0.607. The van der Waals surface area contributed by atoms with E-state index in [0.717, 1.165) is 12.8 Å². The summed E-state index contributed by atoms with van der Waals surface area (Å²) in [5, 5.41) is 8.78. The van der Waals surface area contributed by atoms with E-state index in [-0.39, 0.29) is 25.1 Å². The van der Waals surface area contributed by atoms with E-state index >= 15 is 0 Å². The van der Waals surface area contributed by atoms with Gasteiger partial charge >= 0.3 is 0 Å². The van der Waals surface area contributed by atoms with Gasteiger partial charge in [0.25, 0.3) is 0 Å².